The third-order valence-corrected chi connectivity index (χ3v) is 3.60. The van der Waals surface area contributed by atoms with Crippen molar-refractivity contribution in [3.63, 3.8) is 0 Å². The van der Waals surface area contributed by atoms with Gasteiger partial charge in [0.25, 0.3) is 5.91 Å². The number of hydrogen-bond acceptors (Lipinski definition) is 6. The van der Waals surface area contributed by atoms with Crippen molar-refractivity contribution in [3.05, 3.63) is 30.1 Å². The summed E-state index contributed by atoms with van der Waals surface area (Å²) in [7, 11) is 0. The lowest BCUT2D eigenvalue weighted by Crippen LogP contribution is -2.09. The van der Waals surface area contributed by atoms with Crippen molar-refractivity contribution in [1.29, 1.82) is 0 Å². The first-order valence-corrected chi connectivity index (χ1v) is 7.22. The molecule has 0 atom stereocenters. The number of carbonyl (C=O) groups excluding carboxylic acids is 1. The number of benzene rings is 1. The molecule has 20 heavy (non-hydrogen) atoms. The molecular formula is C13H13N3O3S. The van der Waals surface area contributed by atoms with E-state index >= 15 is 0 Å². The molecule has 0 amide bonds. The Morgan fingerprint density at radius 3 is 2.60 bits per heavy atom. The van der Waals surface area contributed by atoms with Crippen LogP contribution in [0.3, 0.4) is 0 Å². The van der Waals surface area contributed by atoms with Crippen LogP contribution in [0.15, 0.2) is 29.4 Å². The molecule has 6 nitrogen and oxygen atoms in total. The quantitative estimate of drug-likeness (QED) is 0.839. The van der Waals surface area contributed by atoms with Crippen molar-refractivity contribution in [3.8, 4) is 11.5 Å². The molecule has 7 heteroatoms. The number of nitrogens with zero attached hydrogens (tertiary/aromatic N) is 3. The Morgan fingerprint density at radius 2 is 1.95 bits per heavy atom. The second-order valence-electron chi connectivity index (χ2n) is 4.10. The van der Waals surface area contributed by atoms with Crippen molar-refractivity contribution in [2.45, 2.75) is 18.7 Å². The summed E-state index contributed by atoms with van der Waals surface area (Å²) in [5, 5.41) is 4.76. The molecule has 0 saturated carbocycles. The van der Waals surface area contributed by atoms with E-state index in [9.17, 15) is 4.79 Å². The molecule has 1 aliphatic heterocycles. The molecule has 0 N–H and O–H groups in total. The Bertz CT molecular complexity index is 624. The predicted molar refractivity (Wildman–Crippen MR) is 73.3 cm³/mol. The van der Waals surface area contributed by atoms with Crippen LogP contribution in [0.5, 0.6) is 11.5 Å². The highest BCUT2D eigenvalue weighted by Crippen LogP contribution is 2.23. The highest BCUT2D eigenvalue weighted by atomic mass is 32.2. The molecule has 0 saturated heterocycles. The highest BCUT2D eigenvalue weighted by Gasteiger charge is 2.23. The van der Waals surface area contributed by atoms with Gasteiger partial charge < -0.3 is 9.47 Å². The number of hydrogen-bond donors (Lipinski definition) is 0. The summed E-state index contributed by atoms with van der Waals surface area (Å²) < 4.78 is 12.3. The van der Waals surface area contributed by atoms with E-state index in [0.29, 0.717) is 29.1 Å². The number of rotatable bonds is 5. The lowest BCUT2D eigenvalue weighted by atomic mass is 10.3. The molecule has 0 spiro atoms. The maximum Gasteiger partial charge on any atom is 0.259 e. The third kappa shape index (κ3) is 2.62. The van der Waals surface area contributed by atoms with E-state index in [1.165, 1.54) is 16.4 Å². The van der Waals surface area contributed by atoms with E-state index in [4.69, 9.17) is 9.47 Å². The number of fused-ring (bicyclic) bond motifs is 1. The molecule has 0 bridgehead atoms. The molecule has 2 heterocycles. The van der Waals surface area contributed by atoms with Crippen LogP contribution in [0.1, 0.15) is 17.5 Å². The van der Waals surface area contributed by atoms with E-state index in [1.54, 1.807) is 0 Å². The van der Waals surface area contributed by atoms with Crippen LogP contribution in [0.2, 0.25) is 0 Å². The number of ether oxygens (including phenoxy) is 2. The van der Waals surface area contributed by atoms with Gasteiger partial charge in [0.15, 0.2) is 11.0 Å². The summed E-state index contributed by atoms with van der Waals surface area (Å²) in [5.41, 5.74) is 0. The van der Waals surface area contributed by atoms with Gasteiger partial charge in [0.2, 0.25) is 0 Å². The van der Waals surface area contributed by atoms with Gasteiger partial charge in [-0.05, 0) is 31.2 Å². The maximum absolute atomic E-state index is 11.4. The smallest absolute Gasteiger partial charge is 0.259 e. The Kier molecular flexibility index (Phi) is 3.60. The zero-order valence-corrected chi connectivity index (χ0v) is 11.7. The Labute approximate surface area is 120 Å². The van der Waals surface area contributed by atoms with Crippen molar-refractivity contribution < 1.29 is 14.3 Å². The molecule has 3 rings (SSSR count). The topological polar surface area (TPSA) is 66.2 Å². The molecule has 2 aromatic rings. The molecule has 104 valence electrons. The van der Waals surface area contributed by atoms with E-state index in [2.05, 4.69) is 10.1 Å². The average molecular weight is 291 g/mol. The number of carbonyl (C=O) groups is 1. The number of aromatic nitrogens is 3. The lowest BCUT2D eigenvalue weighted by molar-refractivity contribution is 0.0922. The van der Waals surface area contributed by atoms with Crippen molar-refractivity contribution in [1.82, 2.24) is 14.8 Å². The van der Waals surface area contributed by atoms with Crippen molar-refractivity contribution in [2.24, 2.45) is 0 Å². The SMILES string of the molecule is CCOc1ccc(OCc2nc3n(n2)C(=O)CS3)cc1. The van der Waals surface area contributed by atoms with Crippen LogP contribution in [-0.2, 0) is 6.61 Å². The Balaban J connectivity index is 1.62. The molecule has 1 aromatic carbocycles. The maximum atomic E-state index is 11.4. The summed E-state index contributed by atoms with van der Waals surface area (Å²) in [6.45, 7) is 2.81. The van der Waals surface area contributed by atoms with E-state index < -0.39 is 0 Å². The first-order chi connectivity index (χ1) is 9.76. The second kappa shape index (κ2) is 5.54. The van der Waals surface area contributed by atoms with Gasteiger partial charge in [-0.25, -0.2) is 4.98 Å². The first-order valence-electron chi connectivity index (χ1n) is 6.24. The summed E-state index contributed by atoms with van der Waals surface area (Å²) in [6, 6.07) is 7.35. The van der Waals surface area contributed by atoms with Crippen LogP contribution in [-0.4, -0.2) is 33.0 Å². The summed E-state index contributed by atoms with van der Waals surface area (Å²) in [5.74, 6) is 2.40. The van der Waals surface area contributed by atoms with E-state index in [1.807, 2.05) is 31.2 Å². The van der Waals surface area contributed by atoms with Crippen molar-refractivity contribution >= 4 is 17.7 Å². The summed E-state index contributed by atoms with van der Waals surface area (Å²) >= 11 is 1.39. The van der Waals surface area contributed by atoms with Gasteiger partial charge in [-0.3, -0.25) is 4.79 Å². The third-order valence-electron chi connectivity index (χ3n) is 2.68. The molecule has 1 aromatic heterocycles. The van der Waals surface area contributed by atoms with Crippen LogP contribution >= 0.6 is 11.8 Å². The van der Waals surface area contributed by atoms with Gasteiger partial charge in [-0.2, -0.15) is 4.68 Å². The Morgan fingerprint density at radius 1 is 1.25 bits per heavy atom. The van der Waals surface area contributed by atoms with Crippen LogP contribution in [0.25, 0.3) is 0 Å². The molecule has 0 unspecified atom stereocenters. The molecule has 0 radical (unpaired) electrons. The van der Waals surface area contributed by atoms with Crippen LogP contribution < -0.4 is 9.47 Å². The Hall–Kier alpha value is -2.02. The minimum atomic E-state index is -0.0372. The number of thioether (sulfide) groups is 1. The fraction of sp³-hybridized carbons (Fsp3) is 0.308. The van der Waals surface area contributed by atoms with Crippen LogP contribution in [0.4, 0.5) is 0 Å². The van der Waals surface area contributed by atoms with Gasteiger partial charge in [-0.15, -0.1) is 5.10 Å². The minimum Gasteiger partial charge on any atom is -0.494 e. The monoisotopic (exact) mass is 291 g/mol. The predicted octanol–water partition coefficient (Wildman–Crippen LogP) is 2.00. The van der Waals surface area contributed by atoms with Gasteiger partial charge >= 0.3 is 0 Å². The molecule has 0 fully saturated rings. The second-order valence-corrected chi connectivity index (χ2v) is 5.04. The van der Waals surface area contributed by atoms with Crippen molar-refractivity contribution in [2.75, 3.05) is 12.4 Å². The zero-order chi connectivity index (χ0) is 13.9. The summed E-state index contributed by atoms with van der Waals surface area (Å²) in [4.78, 5) is 15.7. The lowest BCUT2D eigenvalue weighted by Gasteiger charge is -2.05. The highest BCUT2D eigenvalue weighted by molar-refractivity contribution is 8.00. The molecule has 0 aliphatic carbocycles. The zero-order valence-electron chi connectivity index (χ0n) is 10.9. The van der Waals surface area contributed by atoms with Crippen LogP contribution in [0, 0.1) is 0 Å². The van der Waals surface area contributed by atoms with Gasteiger partial charge in [0.05, 0.1) is 12.4 Å². The van der Waals surface area contributed by atoms with Gasteiger partial charge in [-0.1, -0.05) is 11.8 Å². The van der Waals surface area contributed by atoms with E-state index in [-0.39, 0.29) is 12.5 Å². The van der Waals surface area contributed by atoms with E-state index in [0.717, 1.165) is 5.75 Å². The normalized spacial score (nSPS) is 13.3. The molecular weight excluding hydrogens is 278 g/mol. The molecule has 1 aliphatic rings. The average Bonchev–Trinajstić information content (AvgIpc) is 3.01. The first kappa shape index (κ1) is 13.0. The fourth-order valence-electron chi connectivity index (χ4n) is 1.79. The standard InChI is InChI=1S/C13H13N3O3S/c1-2-18-9-3-5-10(6-4-9)19-7-11-14-13-16(15-11)12(17)8-20-13/h3-6H,2,7-8H2,1H3. The largest absolute Gasteiger partial charge is 0.494 e. The van der Waals surface area contributed by atoms with Gasteiger partial charge in [0, 0.05) is 0 Å². The fourth-order valence-corrected chi connectivity index (χ4v) is 2.60. The minimum absolute atomic E-state index is 0.0372. The summed E-state index contributed by atoms with van der Waals surface area (Å²) in [6.07, 6.45) is 0. The van der Waals surface area contributed by atoms with Gasteiger partial charge in [0.1, 0.15) is 18.1 Å².